The molecule has 0 bridgehead atoms. The van der Waals surface area contributed by atoms with E-state index in [0.29, 0.717) is 5.96 Å². The standard InChI is InChI=1S/C23H33N3O3/c1-5-24-22(26-17-23(2,27)19-11-7-6-8-12-19)25-15-9-10-18-13-14-20(28-3)21(16-18)29-4/h6-8,11-14,16,27H,5,9-10,15,17H2,1-4H3,(H2,24,25,26). The molecule has 3 N–H and O–H groups in total. The number of methoxy groups -OCH3 is 2. The molecule has 0 aliphatic carbocycles. The van der Waals surface area contributed by atoms with Crippen LogP contribution in [0.2, 0.25) is 0 Å². The third kappa shape index (κ3) is 6.98. The topological polar surface area (TPSA) is 75.1 Å². The Balaban J connectivity index is 1.88. The molecule has 0 heterocycles. The SMILES string of the molecule is CCNC(=NCC(C)(O)c1ccccc1)NCCCc1ccc(OC)c(OC)c1. The molecule has 0 spiro atoms. The highest BCUT2D eigenvalue weighted by molar-refractivity contribution is 5.79. The van der Waals surface area contributed by atoms with Gasteiger partial charge in [0.2, 0.25) is 0 Å². The first-order chi connectivity index (χ1) is 14.0. The Labute approximate surface area is 174 Å². The van der Waals surface area contributed by atoms with Crippen LogP contribution in [0.5, 0.6) is 11.5 Å². The van der Waals surface area contributed by atoms with E-state index in [0.717, 1.165) is 43.0 Å². The normalized spacial score (nSPS) is 13.5. The Bertz CT molecular complexity index is 776. The van der Waals surface area contributed by atoms with Gasteiger partial charge in [0.25, 0.3) is 0 Å². The summed E-state index contributed by atoms with van der Waals surface area (Å²) in [7, 11) is 3.28. The molecule has 2 rings (SSSR count). The van der Waals surface area contributed by atoms with Crippen LogP contribution >= 0.6 is 0 Å². The maximum absolute atomic E-state index is 10.7. The maximum atomic E-state index is 10.7. The van der Waals surface area contributed by atoms with Crippen LogP contribution in [0.25, 0.3) is 0 Å². The molecule has 0 radical (unpaired) electrons. The molecule has 29 heavy (non-hydrogen) atoms. The molecule has 0 fully saturated rings. The first kappa shape index (κ1) is 22.6. The molecule has 6 heteroatoms. The number of hydrogen-bond acceptors (Lipinski definition) is 4. The smallest absolute Gasteiger partial charge is 0.191 e. The zero-order chi connectivity index (χ0) is 21.1. The highest BCUT2D eigenvalue weighted by Crippen LogP contribution is 2.27. The number of guanidine groups is 1. The van der Waals surface area contributed by atoms with E-state index in [9.17, 15) is 5.11 Å². The van der Waals surface area contributed by atoms with Crippen molar-refractivity contribution >= 4 is 5.96 Å². The largest absolute Gasteiger partial charge is 0.493 e. The zero-order valence-corrected chi connectivity index (χ0v) is 17.9. The van der Waals surface area contributed by atoms with Gasteiger partial charge in [-0.15, -0.1) is 0 Å². The van der Waals surface area contributed by atoms with E-state index in [1.165, 1.54) is 5.56 Å². The highest BCUT2D eigenvalue weighted by atomic mass is 16.5. The molecule has 0 aliphatic rings. The van der Waals surface area contributed by atoms with Crippen LogP contribution < -0.4 is 20.1 Å². The van der Waals surface area contributed by atoms with Gasteiger partial charge < -0.3 is 25.2 Å². The van der Waals surface area contributed by atoms with Crippen LogP contribution in [0.15, 0.2) is 53.5 Å². The molecular weight excluding hydrogens is 366 g/mol. The number of rotatable bonds is 10. The summed E-state index contributed by atoms with van der Waals surface area (Å²) < 4.78 is 10.6. The molecule has 2 aromatic rings. The number of aryl methyl sites for hydroxylation is 1. The predicted molar refractivity (Wildman–Crippen MR) is 118 cm³/mol. The Morgan fingerprint density at radius 2 is 1.76 bits per heavy atom. The molecular formula is C23H33N3O3. The molecule has 0 aromatic heterocycles. The van der Waals surface area contributed by atoms with E-state index in [-0.39, 0.29) is 6.54 Å². The van der Waals surface area contributed by atoms with Crippen molar-refractivity contribution in [2.45, 2.75) is 32.3 Å². The van der Waals surface area contributed by atoms with Gasteiger partial charge in [-0.25, -0.2) is 4.99 Å². The molecule has 1 atom stereocenters. The summed E-state index contributed by atoms with van der Waals surface area (Å²) >= 11 is 0. The fraction of sp³-hybridized carbons (Fsp3) is 0.435. The van der Waals surface area contributed by atoms with Gasteiger partial charge in [-0.2, -0.15) is 0 Å². The summed E-state index contributed by atoms with van der Waals surface area (Å²) in [6.07, 6.45) is 1.85. The second-order valence-corrected chi connectivity index (χ2v) is 7.05. The molecule has 158 valence electrons. The first-order valence-electron chi connectivity index (χ1n) is 10.0. The van der Waals surface area contributed by atoms with Gasteiger partial charge in [-0.1, -0.05) is 36.4 Å². The van der Waals surface area contributed by atoms with E-state index >= 15 is 0 Å². The van der Waals surface area contributed by atoms with Crippen molar-refractivity contribution in [2.24, 2.45) is 4.99 Å². The molecule has 0 amide bonds. The molecule has 0 saturated carbocycles. The van der Waals surface area contributed by atoms with Crippen LogP contribution in [-0.4, -0.2) is 44.9 Å². The monoisotopic (exact) mass is 399 g/mol. The van der Waals surface area contributed by atoms with Gasteiger partial charge >= 0.3 is 0 Å². The minimum atomic E-state index is -1.01. The molecule has 6 nitrogen and oxygen atoms in total. The zero-order valence-electron chi connectivity index (χ0n) is 17.9. The van der Waals surface area contributed by atoms with Crippen molar-refractivity contribution in [1.29, 1.82) is 0 Å². The number of nitrogens with zero attached hydrogens (tertiary/aromatic N) is 1. The number of hydrogen-bond donors (Lipinski definition) is 3. The summed E-state index contributed by atoms with van der Waals surface area (Å²) in [6, 6.07) is 15.6. The van der Waals surface area contributed by atoms with Crippen molar-refractivity contribution in [3.63, 3.8) is 0 Å². The van der Waals surface area contributed by atoms with Gasteiger partial charge in [0, 0.05) is 13.1 Å². The molecule has 0 saturated heterocycles. The second kappa shape index (κ2) is 11.3. The minimum Gasteiger partial charge on any atom is -0.493 e. The number of ether oxygens (including phenoxy) is 2. The maximum Gasteiger partial charge on any atom is 0.191 e. The van der Waals surface area contributed by atoms with Crippen LogP contribution in [0.3, 0.4) is 0 Å². The van der Waals surface area contributed by atoms with Gasteiger partial charge in [-0.3, -0.25) is 0 Å². The summed E-state index contributed by atoms with van der Waals surface area (Å²) in [6.45, 7) is 5.62. The van der Waals surface area contributed by atoms with Crippen molar-refractivity contribution < 1.29 is 14.6 Å². The highest BCUT2D eigenvalue weighted by Gasteiger charge is 2.22. The third-order valence-corrected chi connectivity index (χ3v) is 4.67. The van der Waals surface area contributed by atoms with Gasteiger partial charge in [0.15, 0.2) is 17.5 Å². The first-order valence-corrected chi connectivity index (χ1v) is 10.0. The van der Waals surface area contributed by atoms with Gasteiger partial charge in [-0.05, 0) is 49.9 Å². The van der Waals surface area contributed by atoms with Crippen molar-refractivity contribution in [3.8, 4) is 11.5 Å². The van der Waals surface area contributed by atoms with Crippen LogP contribution in [-0.2, 0) is 12.0 Å². The number of benzene rings is 2. The number of aliphatic imine (C=N–C) groups is 1. The number of nitrogens with one attached hydrogen (secondary N) is 2. The van der Waals surface area contributed by atoms with E-state index < -0.39 is 5.60 Å². The summed E-state index contributed by atoms with van der Waals surface area (Å²) in [5.41, 5.74) is 1.04. The van der Waals surface area contributed by atoms with Crippen molar-refractivity contribution in [2.75, 3.05) is 33.9 Å². The summed E-state index contributed by atoms with van der Waals surface area (Å²) in [5, 5.41) is 17.3. The third-order valence-electron chi connectivity index (χ3n) is 4.67. The fourth-order valence-corrected chi connectivity index (χ4v) is 3.00. The van der Waals surface area contributed by atoms with Crippen LogP contribution in [0.1, 0.15) is 31.4 Å². The van der Waals surface area contributed by atoms with Crippen LogP contribution in [0, 0.1) is 0 Å². The average molecular weight is 400 g/mol. The lowest BCUT2D eigenvalue weighted by molar-refractivity contribution is 0.0672. The molecule has 1 unspecified atom stereocenters. The van der Waals surface area contributed by atoms with Crippen molar-refractivity contribution in [3.05, 3.63) is 59.7 Å². The Morgan fingerprint density at radius 3 is 2.41 bits per heavy atom. The number of aliphatic hydroxyl groups is 1. The Hall–Kier alpha value is -2.73. The Kier molecular flexibility index (Phi) is 8.80. The summed E-state index contributed by atoms with van der Waals surface area (Å²) in [5.74, 6) is 2.19. The predicted octanol–water partition coefficient (Wildman–Crippen LogP) is 3.10. The van der Waals surface area contributed by atoms with Crippen LogP contribution in [0.4, 0.5) is 0 Å². The minimum absolute atomic E-state index is 0.280. The fourth-order valence-electron chi connectivity index (χ4n) is 3.00. The summed E-state index contributed by atoms with van der Waals surface area (Å²) in [4.78, 5) is 4.56. The average Bonchev–Trinajstić information content (AvgIpc) is 2.75. The van der Waals surface area contributed by atoms with E-state index in [4.69, 9.17) is 9.47 Å². The van der Waals surface area contributed by atoms with Gasteiger partial charge in [0.05, 0.1) is 20.8 Å². The second-order valence-electron chi connectivity index (χ2n) is 7.05. The Morgan fingerprint density at radius 1 is 1.03 bits per heavy atom. The quantitative estimate of drug-likeness (QED) is 0.325. The van der Waals surface area contributed by atoms with E-state index in [1.807, 2.05) is 49.4 Å². The molecule has 0 aliphatic heterocycles. The van der Waals surface area contributed by atoms with E-state index in [2.05, 4.69) is 21.7 Å². The van der Waals surface area contributed by atoms with Crippen molar-refractivity contribution in [1.82, 2.24) is 10.6 Å². The lowest BCUT2D eigenvalue weighted by Gasteiger charge is -2.22. The van der Waals surface area contributed by atoms with E-state index in [1.54, 1.807) is 21.1 Å². The lowest BCUT2D eigenvalue weighted by Crippen LogP contribution is -2.39. The lowest BCUT2D eigenvalue weighted by atomic mass is 9.96. The van der Waals surface area contributed by atoms with Gasteiger partial charge in [0.1, 0.15) is 5.60 Å². The molecule has 2 aromatic carbocycles.